The predicted molar refractivity (Wildman–Crippen MR) is 99.9 cm³/mol. The molecule has 0 aliphatic rings. The summed E-state index contributed by atoms with van der Waals surface area (Å²) in [7, 11) is 0. The zero-order valence-corrected chi connectivity index (χ0v) is 14.2. The monoisotopic (exact) mass is 352 g/mol. The van der Waals surface area contributed by atoms with Crippen molar-refractivity contribution in [3.8, 4) is 11.1 Å². The first-order valence-corrected chi connectivity index (χ1v) is 8.74. The van der Waals surface area contributed by atoms with E-state index >= 15 is 0 Å². The van der Waals surface area contributed by atoms with Crippen LogP contribution in [0.3, 0.4) is 0 Å². The maximum Gasteiger partial charge on any atom is 0.263 e. The Hall–Kier alpha value is -2.43. The molecule has 0 spiro atoms. The molecule has 0 unspecified atom stereocenters. The van der Waals surface area contributed by atoms with Crippen molar-refractivity contribution in [1.82, 2.24) is 9.55 Å². The lowest BCUT2D eigenvalue weighted by atomic mass is 10.1. The third-order valence-electron chi connectivity index (χ3n) is 3.91. The van der Waals surface area contributed by atoms with Crippen LogP contribution >= 0.6 is 22.9 Å². The van der Waals surface area contributed by atoms with Gasteiger partial charge < -0.3 is 0 Å². The molecule has 2 heterocycles. The van der Waals surface area contributed by atoms with Crippen molar-refractivity contribution in [1.29, 1.82) is 0 Å². The molecule has 0 bridgehead atoms. The third-order valence-corrected chi connectivity index (χ3v) is 5.05. The van der Waals surface area contributed by atoms with Crippen molar-refractivity contribution >= 4 is 33.2 Å². The first kappa shape index (κ1) is 15.1. The Morgan fingerprint density at radius 2 is 1.79 bits per heavy atom. The maximum atomic E-state index is 13.0. The molecule has 4 rings (SSSR count). The van der Waals surface area contributed by atoms with Crippen LogP contribution in [0.4, 0.5) is 0 Å². The van der Waals surface area contributed by atoms with E-state index < -0.39 is 0 Å². The van der Waals surface area contributed by atoms with Gasteiger partial charge >= 0.3 is 0 Å². The fourth-order valence-electron chi connectivity index (χ4n) is 2.70. The predicted octanol–water partition coefficient (Wildman–Crippen LogP) is 4.83. The summed E-state index contributed by atoms with van der Waals surface area (Å²) < 4.78 is 1.64. The Kier molecular flexibility index (Phi) is 3.92. The highest BCUT2D eigenvalue weighted by Crippen LogP contribution is 2.30. The van der Waals surface area contributed by atoms with Gasteiger partial charge in [0.25, 0.3) is 5.56 Å². The van der Waals surface area contributed by atoms with Gasteiger partial charge in [0.1, 0.15) is 4.83 Å². The van der Waals surface area contributed by atoms with Crippen molar-refractivity contribution < 1.29 is 0 Å². The minimum absolute atomic E-state index is 0.0185. The van der Waals surface area contributed by atoms with Crippen LogP contribution in [0.25, 0.3) is 21.3 Å². The fourth-order valence-corrected chi connectivity index (χ4v) is 3.73. The smallest absolute Gasteiger partial charge is 0.263 e. The number of hydrogen-bond acceptors (Lipinski definition) is 3. The van der Waals surface area contributed by atoms with Gasteiger partial charge in [0, 0.05) is 16.0 Å². The second kappa shape index (κ2) is 6.23. The molecule has 0 saturated heterocycles. The van der Waals surface area contributed by atoms with Crippen LogP contribution in [-0.2, 0) is 6.54 Å². The van der Waals surface area contributed by atoms with Crippen LogP contribution in [0, 0.1) is 0 Å². The molecular weight excluding hydrogens is 340 g/mol. The Morgan fingerprint density at radius 3 is 2.54 bits per heavy atom. The number of aromatic nitrogens is 2. The Bertz CT molecular complexity index is 1050. The number of rotatable bonds is 3. The Balaban J connectivity index is 1.82. The summed E-state index contributed by atoms with van der Waals surface area (Å²) in [5.41, 5.74) is 2.97. The van der Waals surface area contributed by atoms with Crippen LogP contribution in [0.5, 0.6) is 0 Å². The topological polar surface area (TPSA) is 34.9 Å². The van der Waals surface area contributed by atoms with Gasteiger partial charge in [0.05, 0.1) is 18.3 Å². The van der Waals surface area contributed by atoms with Gasteiger partial charge in [-0.25, -0.2) is 4.98 Å². The van der Waals surface area contributed by atoms with E-state index in [0.29, 0.717) is 17.0 Å². The second-order valence-corrected chi connectivity index (χ2v) is 6.79. The Morgan fingerprint density at radius 1 is 1.04 bits per heavy atom. The van der Waals surface area contributed by atoms with Gasteiger partial charge in [0.15, 0.2) is 0 Å². The van der Waals surface area contributed by atoms with E-state index in [1.807, 2.05) is 60.0 Å². The van der Waals surface area contributed by atoms with Crippen molar-refractivity contribution in [3.63, 3.8) is 0 Å². The standard InChI is InChI=1S/C19H13ClN2OS/c20-15-8-6-13(7-9-15)10-22-12-21-18-17(19(22)23)16(11-24-18)14-4-2-1-3-5-14/h1-9,11-12H,10H2. The van der Waals surface area contributed by atoms with Crippen molar-refractivity contribution in [3.05, 3.63) is 87.2 Å². The van der Waals surface area contributed by atoms with E-state index in [1.54, 1.807) is 10.9 Å². The summed E-state index contributed by atoms with van der Waals surface area (Å²) >= 11 is 7.42. The molecule has 5 heteroatoms. The minimum Gasteiger partial charge on any atom is -0.294 e. The molecule has 0 N–H and O–H groups in total. The summed E-state index contributed by atoms with van der Waals surface area (Å²) in [5, 5.41) is 3.37. The molecule has 0 saturated carbocycles. The van der Waals surface area contributed by atoms with E-state index in [9.17, 15) is 4.79 Å². The van der Waals surface area contributed by atoms with E-state index in [2.05, 4.69) is 4.98 Å². The second-order valence-electron chi connectivity index (χ2n) is 5.50. The molecule has 0 amide bonds. The van der Waals surface area contributed by atoms with Gasteiger partial charge in [-0.05, 0) is 23.3 Å². The van der Waals surface area contributed by atoms with Crippen LogP contribution in [0.15, 0.2) is 71.1 Å². The highest BCUT2D eigenvalue weighted by Gasteiger charge is 2.13. The number of benzene rings is 2. The molecule has 3 nitrogen and oxygen atoms in total. The van der Waals surface area contributed by atoms with Crippen LogP contribution < -0.4 is 5.56 Å². The molecule has 4 aromatic rings. The maximum absolute atomic E-state index is 13.0. The molecule has 0 aliphatic carbocycles. The third kappa shape index (κ3) is 2.75. The van der Waals surface area contributed by atoms with Gasteiger partial charge in [0.2, 0.25) is 0 Å². The highest BCUT2D eigenvalue weighted by molar-refractivity contribution is 7.17. The molecule has 2 aromatic carbocycles. The number of hydrogen-bond donors (Lipinski definition) is 0. The largest absolute Gasteiger partial charge is 0.294 e. The summed E-state index contributed by atoms with van der Waals surface area (Å²) in [6.07, 6.45) is 1.62. The molecule has 0 aliphatic heterocycles. The average Bonchev–Trinajstić information content (AvgIpc) is 3.05. The number of nitrogens with zero attached hydrogens (tertiary/aromatic N) is 2. The quantitative estimate of drug-likeness (QED) is 0.529. The number of thiophene rings is 1. The first-order chi connectivity index (χ1) is 11.7. The van der Waals surface area contributed by atoms with Crippen LogP contribution in [0.1, 0.15) is 5.56 Å². The molecule has 2 aromatic heterocycles. The normalized spacial score (nSPS) is 11.0. The lowest BCUT2D eigenvalue weighted by molar-refractivity contribution is 0.749. The van der Waals surface area contributed by atoms with Crippen LogP contribution in [0.2, 0.25) is 5.02 Å². The average molecular weight is 353 g/mol. The number of halogens is 1. The van der Waals surface area contributed by atoms with E-state index in [4.69, 9.17) is 11.6 Å². The highest BCUT2D eigenvalue weighted by atomic mass is 35.5. The minimum atomic E-state index is -0.0185. The molecule has 0 atom stereocenters. The summed E-state index contributed by atoms with van der Waals surface area (Å²) in [6.45, 7) is 0.475. The van der Waals surface area contributed by atoms with Gasteiger partial charge in [-0.2, -0.15) is 0 Å². The van der Waals surface area contributed by atoms with Gasteiger partial charge in [-0.1, -0.05) is 54.1 Å². The zero-order valence-electron chi connectivity index (χ0n) is 12.6. The van der Waals surface area contributed by atoms with Crippen molar-refractivity contribution in [2.24, 2.45) is 0 Å². The van der Waals surface area contributed by atoms with Gasteiger partial charge in [-0.15, -0.1) is 11.3 Å². The fraction of sp³-hybridized carbons (Fsp3) is 0.0526. The van der Waals surface area contributed by atoms with E-state index in [-0.39, 0.29) is 5.56 Å². The summed E-state index contributed by atoms with van der Waals surface area (Å²) in [4.78, 5) is 18.2. The van der Waals surface area contributed by atoms with E-state index in [0.717, 1.165) is 21.5 Å². The zero-order chi connectivity index (χ0) is 16.5. The van der Waals surface area contributed by atoms with E-state index in [1.165, 1.54) is 11.3 Å². The molecule has 0 fully saturated rings. The molecule has 118 valence electrons. The summed E-state index contributed by atoms with van der Waals surface area (Å²) in [5.74, 6) is 0. The van der Waals surface area contributed by atoms with Gasteiger partial charge in [-0.3, -0.25) is 9.36 Å². The number of fused-ring (bicyclic) bond motifs is 1. The van der Waals surface area contributed by atoms with Crippen molar-refractivity contribution in [2.45, 2.75) is 6.54 Å². The SMILES string of the molecule is O=c1c2c(-c3ccccc3)csc2ncn1Cc1ccc(Cl)cc1. The molecule has 24 heavy (non-hydrogen) atoms. The summed E-state index contributed by atoms with van der Waals surface area (Å²) in [6, 6.07) is 17.4. The molecule has 0 radical (unpaired) electrons. The van der Waals surface area contributed by atoms with Crippen LogP contribution in [-0.4, -0.2) is 9.55 Å². The molecular formula is C19H13ClN2OS. The Labute approximate surface area is 147 Å². The lowest BCUT2D eigenvalue weighted by Gasteiger charge is -2.06. The van der Waals surface area contributed by atoms with Crippen molar-refractivity contribution in [2.75, 3.05) is 0 Å². The lowest BCUT2D eigenvalue weighted by Crippen LogP contribution is -2.20. The first-order valence-electron chi connectivity index (χ1n) is 7.49.